The van der Waals surface area contributed by atoms with Crippen LogP contribution in [0.15, 0.2) is 54.4 Å². The molecule has 1 aliphatic heterocycles. The lowest BCUT2D eigenvalue weighted by Gasteiger charge is -2.19. The van der Waals surface area contributed by atoms with E-state index in [1.165, 1.54) is 0 Å². The predicted octanol–water partition coefficient (Wildman–Crippen LogP) is 3.61. The van der Waals surface area contributed by atoms with Crippen molar-refractivity contribution in [3.05, 3.63) is 71.2 Å². The van der Waals surface area contributed by atoms with Crippen molar-refractivity contribution in [2.45, 2.75) is 13.5 Å². The highest BCUT2D eigenvalue weighted by Gasteiger charge is 2.34. The Kier molecular flexibility index (Phi) is 3.49. The van der Waals surface area contributed by atoms with Crippen LogP contribution in [0.2, 0.25) is 0 Å². The zero-order valence-electron chi connectivity index (χ0n) is 15.6. The van der Waals surface area contributed by atoms with Crippen LogP contribution in [0.25, 0.3) is 22.0 Å². The lowest BCUT2D eigenvalue weighted by Crippen LogP contribution is -2.24. The summed E-state index contributed by atoms with van der Waals surface area (Å²) >= 11 is 0. The van der Waals surface area contributed by atoms with E-state index in [0.717, 1.165) is 33.3 Å². The van der Waals surface area contributed by atoms with Crippen LogP contribution in [0.3, 0.4) is 0 Å². The highest BCUT2D eigenvalue weighted by atomic mass is 16.5. The molecular weight excluding hydrogens is 352 g/mol. The fraction of sp³-hybridized carbons (Fsp3) is 0.136. The Morgan fingerprint density at radius 2 is 2.11 bits per heavy atom. The first-order valence-electron chi connectivity index (χ1n) is 9.01. The molecule has 0 atom stereocenters. The lowest BCUT2D eigenvalue weighted by atomic mass is 9.99. The van der Waals surface area contributed by atoms with Gasteiger partial charge in [-0.3, -0.25) is 4.79 Å². The highest BCUT2D eigenvalue weighted by Crippen LogP contribution is 2.38. The van der Waals surface area contributed by atoms with Crippen molar-refractivity contribution < 1.29 is 9.53 Å². The molecule has 138 valence electrons. The number of amides is 1. The first-order chi connectivity index (χ1) is 13.6. The average molecular weight is 370 g/mol. The van der Waals surface area contributed by atoms with Crippen LogP contribution in [0.1, 0.15) is 21.6 Å². The molecule has 2 N–H and O–H groups in total. The number of hydrogen-bond donors (Lipinski definition) is 1. The summed E-state index contributed by atoms with van der Waals surface area (Å²) in [5, 5.41) is 0.776. The second-order valence-electron chi connectivity index (χ2n) is 6.94. The summed E-state index contributed by atoms with van der Waals surface area (Å²) in [7, 11) is 1.61. The van der Waals surface area contributed by atoms with Crippen molar-refractivity contribution in [1.82, 2.24) is 14.9 Å². The summed E-state index contributed by atoms with van der Waals surface area (Å²) in [6, 6.07) is 7.85. The van der Waals surface area contributed by atoms with Gasteiger partial charge in [0.25, 0.3) is 5.91 Å². The normalized spacial score (nSPS) is 14.9. The first kappa shape index (κ1) is 16.5. The number of fused-ring (bicyclic) bond motifs is 2. The van der Waals surface area contributed by atoms with E-state index in [1.54, 1.807) is 18.2 Å². The highest BCUT2D eigenvalue weighted by molar-refractivity contribution is 6.12. The maximum atomic E-state index is 12.9. The molecule has 6 heteroatoms. The number of benzene rings is 1. The largest absolute Gasteiger partial charge is 0.481 e. The number of methoxy groups -OCH3 is 1. The summed E-state index contributed by atoms with van der Waals surface area (Å²) in [5.41, 5.74) is 12.6. The second-order valence-corrected chi connectivity index (χ2v) is 6.94. The van der Waals surface area contributed by atoms with Gasteiger partial charge in [-0.05, 0) is 25.1 Å². The molecule has 0 saturated heterocycles. The van der Waals surface area contributed by atoms with E-state index >= 15 is 0 Å². The van der Waals surface area contributed by atoms with Crippen LogP contribution in [0, 0.1) is 6.92 Å². The van der Waals surface area contributed by atoms with Gasteiger partial charge in [0.2, 0.25) is 5.88 Å². The predicted molar refractivity (Wildman–Crippen MR) is 108 cm³/mol. The van der Waals surface area contributed by atoms with Gasteiger partial charge < -0.3 is 15.4 Å². The van der Waals surface area contributed by atoms with Gasteiger partial charge in [0.1, 0.15) is 0 Å². The van der Waals surface area contributed by atoms with Gasteiger partial charge in [-0.25, -0.2) is 9.97 Å². The van der Waals surface area contributed by atoms with E-state index in [-0.39, 0.29) is 5.91 Å². The smallest absolute Gasteiger partial charge is 0.262 e. The molecular formula is C22H18N4O2. The van der Waals surface area contributed by atoms with Gasteiger partial charge in [0.05, 0.1) is 36.1 Å². The summed E-state index contributed by atoms with van der Waals surface area (Å²) in [5.74, 6) is 0.505. The van der Waals surface area contributed by atoms with Crippen LogP contribution in [0.5, 0.6) is 5.88 Å². The van der Waals surface area contributed by atoms with Crippen molar-refractivity contribution in [3.8, 4) is 17.0 Å². The third-order valence-corrected chi connectivity index (χ3v) is 5.28. The molecule has 0 radical (unpaired) electrons. The first-order valence-corrected chi connectivity index (χ1v) is 9.01. The minimum atomic E-state index is -0.0927. The summed E-state index contributed by atoms with van der Waals surface area (Å²) in [4.78, 5) is 23.8. The third kappa shape index (κ3) is 2.24. The standard InChI is InChI=1S/C22H18N4O2/c1-12-9-13(10-24-21(12)28-2)15-7-4-8-16-19(23)18-17(25-20(15)16)11-26(22(18)27)14-5-3-6-14/h3-10H,11H2,1-2H3,(H2,23,25). The Morgan fingerprint density at radius 3 is 2.79 bits per heavy atom. The van der Waals surface area contributed by atoms with Crippen molar-refractivity contribution in [3.63, 3.8) is 0 Å². The number of carbonyl (C=O) groups is 1. The minimum Gasteiger partial charge on any atom is -0.481 e. The second kappa shape index (κ2) is 5.92. The van der Waals surface area contributed by atoms with E-state index in [0.29, 0.717) is 29.4 Å². The monoisotopic (exact) mass is 370 g/mol. The summed E-state index contributed by atoms with van der Waals surface area (Å²) in [6.45, 7) is 2.38. The molecule has 0 saturated carbocycles. The molecule has 2 aliphatic rings. The lowest BCUT2D eigenvalue weighted by molar-refractivity contribution is 0.0831. The molecule has 3 aromatic rings. The number of hydrogen-bond acceptors (Lipinski definition) is 5. The number of pyridine rings is 2. The number of allylic oxidation sites excluding steroid dienone is 3. The zero-order chi connectivity index (χ0) is 19.4. The zero-order valence-corrected chi connectivity index (χ0v) is 15.6. The van der Waals surface area contributed by atoms with E-state index < -0.39 is 0 Å². The van der Waals surface area contributed by atoms with Crippen molar-refractivity contribution in [1.29, 1.82) is 0 Å². The molecule has 2 aromatic heterocycles. The maximum absolute atomic E-state index is 12.9. The number of para-hydroxylation sites is 1. The topological polar surface area (TPSA) is 81.3 Å². The fourth-order valence-electron chi connectivity index (χ4n) is 3.80. The molecule has 0 fully saturated rings. The van der Waals surface area contributed by atoms with Gasteiger partial charge in [-0.1, -0.05) is 24.3 Å². The Bertz CT molecular complexity index is 1230. The van der Waals surface area contributed by atoms with E-state index in [1.807, 2.05) is 49.4 Å². The SMILES string of the molecule is COc1ncc(-c2cccc3c(N)c4c(nc23)CN(C2=CC=C2)C4=O)cc1C. The minimum absolute atomic E-state index is 0.0927. The van der Waals surface area contributed by atoms with Gasteiger partial charge >= 0.3 is 0 Å². The van der Waals surface area contributed by atoms with Crippen LogP contribution in [-0.4, -0.2) is 27.9 Å². The van der Waals surface area contributed by atoms with Crippen molar-refractivity contribution >= 4 is 22.5 Å². The number of anilines is 1. The number of carbonyl (C=O) groups excluding carboxylic acids is 1. The Hall–Kier alpha value is -3.67. The molecule has 1 aliphatic carbocycles. The molecule has 5 rings (SSSR count). The number of nitrogens with zero attached hydrogens (tertiary/aromatic N) is 3. The number of aryl methyl sites for hydroxylation is 1. The number of ether oxygens (including phenoxy) is 1. The Labute approximate surface area is 162 Å². The molecule has 0 bridgehead atoms. The summed E-state index contributed by atoms with van der Waals surface area (Å²) < 4.78 is 5.26. The van der Waals surface area contributed by atoms with Gasteiger partial charge in [0.15, 0.2) is 0 Å². The summed E-state index contributed by atoms with van der Waals surface area (Å²) in [6.07, 6.45) is 7.51. The van der Waals surface area contributed by atoms with Crippen LogP contribution >= 0.6 is 0 Å². The Balaban J connectivity index is 1.69. The molecule has 6 nitrogen and oxygen atoms in total. The van der Waals surface area contributed by atoms with E-state index in [4.69, 9.17) is 15.5 Å². The molecule has 3 heterocycles. The van der Waals surface area contributed by atoms with E-state index in [9.17, 15) is 4.79 Å². The Morgan fingerprint density at radius 1 is 1.29 bits per heavy atom. The maximum Gasteiger partial charge on any atom is 0.262 e. The van der Waals surface area contributed by atoms with Crippen LogP contribution in [0.4, 0.5) is 5.69 Å². The quantitative estimate of drug-likeness (QED) is 0.762. The third-order valence-electron chi connectivity index (χ3n) is 5.28. The number of nitrogen functional groups attached to an aromatic ring is 1. The molecule has 0 unspecified atom stereocenters. The van der Waals surface area contributed by atoms with Gasteiger partial charge in [-0.15, -0.1) is 0 Å². The molecule has 1 amide bonds. The average Bonchev–Trinajstić information content (AvgIpc) is 2.96. The van der Waals surface area contributed by atoms with Crippen molar-refractivity contribution in [2.24, 2.45) is 0 Å². The molecule has 0 spiro atoms. The van der Waals surface area contributed by atoms with E-state index in [2.05, 4.69) is 4.98 Å². The molecule has 1 aromatic carbocycles. The number of nitrogens with two attached hydrogens (primary N) is 1. The number of rotatable bonds is 3. The van der Waals surface area contributed by atoms with Crippen molar-refractivity contribution in [2.75, 3.05) is 12.8 Å². The van der Waals surface area contributed by atoms with Crippen LogP contribution < -0.4 is 10.5 Å². The fourth-order valence-corrected chi connectivity index (χ4v) is 3.80. The van der Waals surface area contributed by atoms with Gasteiger partial charge in [-0.2, -0.15) is 0 Å². The van der Waals surface area contributed by atoms with Crippen LogP contribution in [-0.2, 0) is 6.54 Å². The molecule has 28 heavy (non-hydrogen) atoms. The van der Waals surface area contributed by atoms with Gasteiger partial charge in [0, 0.05) is 34.0 Å². The number of aromatic nitrogens is 2.